The number of hydrazine groups is 1. The Bertz CT molecular complexity index is 1140. The van der Waals surface area contributed by atoms with Crippen LogP contribution in [0.4, 0.5) is 5.69 Å². The predicted molar refractivity (Wildman–Crippen MR) is 143 cm³/mol. The molecule has 1 heterocycles. The molecule has 1 aliphatic heterocycles. The molecule has 3 rings (SSSR count). The number of rotatable bonds is 12. The van der Waals surface area contributed by atoms with Crippen LogP contribution in [0.1, 0.15) is 51.7 Å². The van der Waals surface area contributed by atoms with Gasteiger partial charge in [-0.1, -0.05) is 50.2 Å². The van der Waals surface area contributed by atoms with E-state index in [9.17, 15) is 4.79 Å². The minimum absolute atomic E-state index is 0.0681. The smallest absolute Gasteiger partial charge is 0.266 e. The van der Waals surface area contributed by atoms with Gasteiger partial charge in [0, 0.05) is 42.2 Å². The lowest BCUT2D eigenvalue weighted by molar-refractivity contribution is -0.129. The Hall–Kier alpha value is -3.59. The standard InChI is InChI=1S/C27H36N6O4/c1-19-27(25(35)32-29-15-14-26(2,3)4,18-21-8-5-6-9-23(21)31-33-28)30-24(37-19)20-10-12-22(13-11-20)36-17-7-16-34/h5-6,8-13,19,29,34H,7,14-18H2,1-4H3,(H,32,35)/t19-,27-/m0/s1. The first-order chi connectivity index (χ1) is 17.7. The number of carbonyl (C=O) groups is 1. The number of carbonyl (C=O) groups excluding carboxylic acids is 1. The number of benzene rings is 2. The summed E-state index contributed by atoms with van der Waals surface area (Å²) in [5, 5.41) is 12.7. The maximum atomic E-state index is 13.6. The number of hydrogen-bond donors (Lipinski definition) is 3. The maximum Gasteiger partial charge on any atom is 0.266 e. The summed E-state index contributed by atoms with van der Waals surface area (Å²) < 4.78 is 11.7. The van der Waals surface area contributed by atoms with Crippen molar-refractivity contribution < 1.29 is 19.4 Å². The highest BCUT2D eigenvalue weighted by molar-refractivity contribution is 6.00. The number of ether oxygens (including phenoxy) is 2. The van der Waals surface area contributed by atoms with Crippen LogP contribution < -0.4 is 15.6 Å². The normalized spacial score (nSPS) is 18.9. The first kappa shape index (κ1) is 28.0. The first-order valence-electron chi connectivity index (χ1n) is 12.5. The van der Waals surface area contributed by atoms with Crippen LogP contribution in [0.25, 0.3) is 10.4 Å². The number of aliphatic hydroxyl groups excluding tert-OH is 1. The van der Waals surface area contributed by atoms with Crippen molar-refractivity contribution in [3.05, 3.63) is 70.1 Å². The number of amides is 1. The van der Waals surface area contributed by atoms with Gasteiger partial charge in [-0.2, -0.15) is 0 Å². The lowest BCUT2D eigenvalue weighted by Crippen LogP contribution is -2.56. The van der Waals surface area contributed by atoms with Gasteiger partial charge in [0.25, 0.3) is 5.91 Å². The SMILES string of the molecule is C[C@@H]1OC(c2ccc(OCCCO)cc2)=N[C@]1(Cc1ccccc1N=[N+]=[N-])C(=O)NNCCC(C)(C)C. The zero-order chi connectivity index (χ0) is 26.9. The molecule has 198 valence electrons. The third-order valence-corrected chi connectivity index (χ3v) is 6.13. The monoisotopic (exact) mass is 508 g/mol. The van der Waals surface area contributed by atoms with E-state index >= 15 is 0 Å². The number of aliphatic hydroxyl groups is 1. The molecular weight excluding hydrogens is 472 g/mol. The van der Waals surface area contributed by atoms with Crippen LogP contribution in [0.5, 0.6) is 5.75 Å². The van der Waals surface area contributed by atoms with Crippen LogP contribution in [-0.4, -0.2) is 48.3 Å². The molecule has 37 heavy (non-hydrogen) atoms. The Balaban J connectivity index is 1.90. The summed E-state index contributed by atoms with van der Waals surface area (Å²) in [6.45, 7) is 9.31. The van der Waals surface area contributed by atoms with Gasteiger partial charge in [0.05, 0.1) is 6.61 Å². The van der Waals surface area contributed by atoms with Crippen molar-refractivity contribution in [3.8, 4) is 5.75 Å². The first-order valence-corrected chi connectivity index (χ1v) is 12.5. The second-order valence-corrected chi connectivity index (χ2v) is 10.2. The predicted octanol–water partition coefficient (Wildman–Crippen LogP) is 4.59. The Kier molecular flexibility index (Phi) is 9.52. The number of azide groups is 1. The Morgan fingerprint density at radius 3 is 2.65 bits per heavy atom. The van der Waals surface area contributed by atoms with Gasteiger partial charge in [-0.3, -0.25) is 10.2 Å². The zero-order valence-corrected chi connectivity index (χ0v) is 21.9. The highest BCUT2D eigenvalue weighted by Gasteiger charge is 2.50. The van der Waals surface area contributed by atoms with E-state index in [1.807, 2.05) is 31.2 Å². The molecule has 3 N–H and O–H groups in total. The van der Waals surface area contributed by atoms with Crippen LogP contribution in [-0.2, 0) is 16.0 Å². The average Bonchev–Trinajstić information content (AvgIpc) is 3.20. The van der Waals surface area contributed by atoms with Crippen molar-refractivity contribution in [3.63, 3.8) is 0 Å². The molecule has 1 amide bonds. The quantitative estimate of drug-likeness (QED) is 0.126. The van der Waals surface area contributed by atoms with Gasteiger partial charge in [-0.15, -0.1) is 0 Å². The van der Waals surface area contributed by atoms with Gasteiger partial charge in [-0.05, 0) is 54.1 Å². The topological polar surface area (TPSA) is 141 Å². The number of hydrogen-bond acceptors (Lipinski definition) is 7. The van der Waals surface area contributed by atoms with E-state index in [-0.39, 0.29) is 24.3 Å². The molecule has 0 fully saturated rings. The number of nitrogens with one attached hydrogen (secondary N) is 2. The van der Waals surface area contributed by atoms with Crippen molar-refractivity contribution in [1.29, 1.82) is 0 Å². The maximum absolute atomic E-state index is 13.6. The van der Waals surface area contributed by atoms with Crippen LogP contribution >= 0.6 is 0 Å². The van der Waals surface area contributed by atoms with Crippen molar-refractivity contribution >= 4 is 17.5 Å². The number of aliphatic imine (C=N–C) groups is 1. The van der Waals surface area contributed by atoms with E-state index in [4.69, 9.17) is 25.1 Å². The fourth-order valence-electron chi connectivity index (χ4n) is 3.93. The van der Waals surface area contributed by atoms with E-state index in [0.717, 1.165) is 6.42 Å². The van der Waals surface area contributed by atoms with E-state index in [2.05, 4.69) is 41.6 Å². The number of nitrogens with zero attached hydrogens (tertiary/aromatic N) is 4. The molecule has 0 aliphatic carbocycles. The molecule has 1 aliphatic rings. The summed E-state index contributed by atoms with van der Waals surface area (Å²) in [6, 6.07) is 14.4. The molecule has 10 nitrogen and oxygen atoms in total. The van der Waals surface area contributed by atoms with Gasteiger partial charge in [-0.25, -0.2) is 10.4 Å². The van der Waals surface area contributed by atoms with Crippen LogP contribution in [0, 0.1) is 5.41 Å². The molecule has 0 unspecified atom stereocenters. The summed E-state index contributed by atoms with van der Waals surface area (Å²) in [7, 11) is 0. The molecule has 0 bridgehead atoms. The van der Waals surface area contributed by atoms with Crippen LogP contribution in [0.15, 0.2) is 58.6 Å². The highest BCUT2D eigenvalue weighted by atomic mass is 16.5. The zero-order valence-electron chi connectivity index (χ0n) is 21.9. The molecule has 2 aromatic rings. The van der Waals surface area contributed by atoms with Crippen LogP contribution in [0.2, 0.25) is 0 Å². The minimum Gasteiger partial charge on any atom is -0.494 e. The molecule has 2 atom stereocenters. The van der Waals surface area contributed by atoms with Crippen molar-refractivity contribution in [2.75, 3.05) is 19.8 Å². The third kappa shape index (κ3) is 7.45. The molecule has 10 heteroatoms. The molecule has 0 saturated carbocycles. The van der Waals surface area contributed by atoms with Crippen molar-refractivity contribution in [2.24, 2.45) is 15.5 Å². The van der Waals surface area contributed by atoms with Gasteiger partial charge < -0.3 is 14.6 Å². The third-order valence-electron chi connectivity index (χ3n) is 6.13. The largest absolute Gasteiger partial charge is 0.494 e. The lowest BCUT2D eigenvalue weighted by atomic mass is 9.85. The second kappa shape index (κ2) is 12.6. The van der Waals surface area contributed by atoms with Gasteiger partial charge in [0.15, 0.2) is 5.54 Å². The van der Waals surface area contributed by atoms with Crippen molar-refractivity contribution in [1.82, 2.24) is 10.9 Å². The lowest BCUT2D eigenvalue weighted by Gasteiger charge is -2.29. The summed E-state index contributed by atoms with van der Waals surface area (Å²) in [5.41, 5.74) is 15.6. The summed E-state index contributed by atoms with van der Waals surface area (Å²) >= 11 is 0. The Labute approximate surface area is 217 Å². The highest BCUT2D eigenvalue weighted by Crippen LogP contribution is 2.35. The average molecular weight is 509 g/mol. The molecular formula is C27H36N6O4. The Morgan fingerprint density at radius 2 is 1.97 bits per heavy atom. The van der Waals surface area contributed by atoms with E-state index in [1.165, 1.54) is 0 Å². The van der Waals surface area contributed by atoms with E-state index < -0.39 is 11.6 Å². The fraction of sp³-hybridized carbons (Fsp3) is 0.481. The fourth-order valence-corrected chi connectivity index (χ4v) is 3.93. The second-order valence-electron chi connectivity index (χ2n) is 10.2. The van der Waals surface area contributed by atoms with E-state index in [0.29, 0.717) is 48.0 Å². The summed E-state index contributed by atoms with van der Waals surface area (Å²) in [6.07, 6.45) is 1.01. The Morgan fingerprint density at radius 1 is 1.24 bits per heavy atom. The summed E-state index contributed by atoms with van der Waals surface area (Å²) in [5.74, 6) is 0.684. The molecule has 0 spiro atoms. The van der Waals surface area contributed by atoms with Gasteiger partial charge in [0.1, 0.15) is 11.9 Å². The summed E-state index contributed by atoms with van der Waals surface area (Å²) in [4.78, 5) is 21.4. The molecule has 0 aromatic heterocycles. The molecule has 2 aromatic carbocycles. The van der Waals surface area contributed by atoms with Crippen LogP contribution in [0.3, 0.4) is 0 Å². The molecule has 0 radical (unpaired) electrons. The van der Waals surface area contributed by atoms with Gasteiger partial charge >= 0.3 is 0 Å². The van der Waals surface area contributed by atoms with Gasteiger partial charge in [0.2, 0.25) is 5.90 Å². The van der Waals surface area contributed by atoms with E-state index in [1.54, 1.807) is 24.3 Å². The van der Waals surface area contributed by atoms with Crippen molar-refractivity contribution in [2.45, 2.75) is 58.6 Å². The minimum atomic E-state index is -1.29. The molecule has 0 saturated heterocycles.